The van der Waals surface area contributed by atoms with E-state index in [4.69, 9.17) is 9.47 Å². The van der Waals surface area contributed by atoms with Crippen LogP contribution in [0, 0.1) is 17.0 Å². The molecule has 3 rings (SSSR count). The Morgan fingerprint density at radius 2 is 1.91 bits per heavy atom. The van der Waals surface area contributed by atoms with Gasteiger partial charge in [0, 0.05) is 23.4 Å². The van der Waals surface area contributed by atoms with Crippen LogP contribution in [0.25, 0.3) is 0 Å². The molecule has 2 N–H and O–H groups in total. The van der Waals surface area contributed by atoms with Gasteiger partial charge < -0.3 is 14.8 Å². The number of methoxy groups -OCH3 is 1. The van der Waals surface area contributed by atoms with Gasteiger partial charge in [0.15, 0.2) is 18.1 Å². The number of rotatable bonds is 9. The van der Waals surface area contributed by atoms with Crippen molar-refractivity contribution in [1.29, 1.82) is 0 Å². The van der Waals surface area contributed by atoms with Gasteiger partial charge in [0.25, 0.3) is 17.5 Å². The molecule has 0 aromatic heterocycles. The number of para-hydroxylation sites is 1. The van der Waals surface area contributed by atoms with Crippen LogP contribution in [-0.2, 0) is 4.79 Å². The quantitative estimate of drug-likeness (QED) is 0.234. The van der Waals surface area contributed by atoms with Gasteiger partial charge in [-0.1, -0.05) is 24.3 Å². The van der Waals surface area contributed by atoms with E-state index in [2.05, 4.69) is 31.8 Å². The first kappa shape index (κ1) is 25.4. The van der Waals surface area contributed by atoms with Crippen LogP contribution >= 0.6 is 15.9 Å². The van der Waals surface area contributed by atoms with Crippen LogP contribution < -0.4 is 20.2 Å². The standard InChI is InChI=1S/C24H21BrN4O6/c1-15-6-3-4-9-20(15)27-22(30)14-35-23-19(25)10-16(11-21(23)34-2)13-26-28-24(31)17-7-5-8-18(12-17)29(32)33/h3-13H,14H2,1-2H3,(H,27,30)(H,28,31)/b26-13+. The first-order chi connectivity index (χ1) is 16.8. The van der Waals surface area contributed by atoms with Crippen molar-refractivity contribution in [3.05, 3.63) is 91.9 Å². The Bertz CT molecular complexity index is 1290. The number of nitrogens with zero attached hydrogens (tertiary/aromatic N) is 2. The Hall–Kier alpha value is -4.25. The van der Waals surface area contributed by atoms with E-state index in [0.717, 1.165) is 11.6 Å². The Labute approximate surface area is 209 Å². The van der Waals surface area contributed by atoms with Gasteiger partial charge >= 0.3 is 0 Å². The molecule has 0 fully saturated rings. The molecule has 2 amide bonds. The highest BCUT2D eigenvalue weighted by atomic mass is 79.9. The highest BCUT2D eigenvalue weighted by Crippen LogP contribution is 2.36. The number of halogens is 1. The highest BCUT2D eigenvalue weighted by molar-refractivity contribution is 9.10. The number of carbonyl (C=O) groups is 2. The third-order valence-corrected chi connectivity index (χ3v) is 5.31. The molecular weight excluding hydrogens is 520 g/mol. The highest BCUT2D eigenvalue weighted by Gasteiger charge is 2.14. The number of anilines is 1. The third kappa shape index (κ3) is 6.87. The Balaban J connectivity index is 1.64. The summed E-state index contributed by atoms with van der Waals surface area (Å²) < 4.78 is 11.5. The Kier molecular flexibility index (Phi) is 8.52. The van der Waals surface area contributed by atoms with Gasteiger partial charge in [-0.25, -0.2) is 5.43 Å². The van der Waals surface area contributed by atoms with Gasteiger partial charge in [-0.3, -0.25) is 19.7 Å². The molecule has 35 heavy (non-hydrogen) atoms. The van der Waals surface area contributed by atoms with Crippen LogP contribution in [0.5, 0.6) is 11.5 Å². The molecule has 0 saturated carbocycles. The predicted molar refractivity (Wildman–Crippen MR) is 134 cm³/mol. The minimum absolute atomic E-state index is 0.0998. The predicted octanol–water partition coefficient (Wildman–Crippen LogP) is 4.46. The van der Waals surface area contributed by atoms with Crippen molar-refractivity contribution in [2.75, 3.05) is 19.0 Å². The summed E-state index contributed by atoms with van der Waals surface area (Å²) in [6.07, 6.45) is 1.37. The molecule has 0 heterocycles. The fourth-order valence-corrected chi connectivity index (χ4v) is 3.56. The van der Waals surface area contributed by atoms with E-state index in [1.165, 1.54) is 31.5 Å². The number of nitro groups is 1. The first-order valence-electron chi connectivity index (χ1n) is 10.2. The van der Waals surface area contributed by atoms with Gasteiger partial charge in [0.2, 0.25) is 0 Å². The smallest absolute Gasteiger partial charge is 0.271 e. The molecule has 0 atom stereocenters. The van der Waals surface area contributed by atoms with Crippen molar-refractivity contribution in [2.24, 2.45) is 5.10 Å². The van der Waals surface area contributed by atoms with Crippen LogP contribution in [0.3, 0.4) is 0 Å². The maximum absolute atomic E-state index is 12.3. The molecule has 0 aliphatic heterocycles. The molecule has 0 unspecified atom stereocenters. The maximum Gasteiger partial charge on any atom is 0.271 e. The van der Waals surface area contributed by atoms with Gasteiger partial charge in [-0.2, -0.15) is 5.10 Å². The molecule has 0 radical (unpaired) electrons. The van der Waals surface area contributed by atoms with Crippen LogP contribution in [0.15, 0.2) is 70.2 Å². The molecule has 10 nitrogen and oxygen atoms in total. The molecule has 0 spiro atoms. The van der Waals surface area contributed by atoms with E-state index in [0.29, 0.717) is 27.2 Å². The Morgan fingerprint density at radius 1 is 1.14 bits per heavy atom. The van der Waals surface area contributed by atoms with E-state index in [1.807, 2.05) is 25.1 Å². The number of hydrogen-bond acceptors (Lipinski definition) is 7. The number of carbonyl (C=O) groups excluding carboxylic acids is 2. The van der Waals surface area contributed by atoms with E-state index in [9.17, 15) is 19.7 Å². The van der Waals surface area contributed by atoms with E-state index in [-0.39, 0.29) is 23.8 Å². The number of aryl methyl sites for hydroxylation is 1. The number of nitrogens with one attached hydrogen (secondary N) is 2. The fraction of sp³-hybridized carbons (Fsp3) is 0.125. The average Bonchev–Trinajstić information content (AvgIpc) is 2.84. The summed E-state index contributed by atoms with van der Waals surface area (Å²) in [7, 11) is 1.45. The van der Waals surface area contributed by atoms with Gasteiger partial charge in [-0.05, 0) is 58.2 Å². The lowest BCUT2D eigenvalue weighted by Crippen LogP contribution is -2.21. The summed E-state index contributed by atoms with van der Waals surface area (Å²) in [6, 6.07) is 16.0. The fourth-order valence-electron chi connectivity index (χ4n) is 2.98. The van der Waals surface area contributed by atoms with Crippen molar-refractivity contribution >= 4 is 45.3 Å². The second-order valence-corrected chi connectivity index (χ2v) is 8.05. The van der Waals surface area contributed by atoms with E-state index < -0.39 is 10.8 Å². The largest absolute Gasteiger partial charge is 0.493 e. The molecule has 0 aliphatic rings. The molecule has 180 valence electrons. The molecule has 3 aromatic carbocycles. The van der Waals surface area contributed by atoms with Crippen molar-refractivity contribution in [1.82, 2.24) is 5.43 Å². The van der Waals surface area contributed by atoms with Crippen molar-refractivity contribution < 1.29 is 24.0 Å². The van der Waals surface area contributed by atoms with Gasteiger partial charge in [0.1, 0.15) is 0 Å². The number of hydrogen-bond donors (Lipinski definition) is 2. The lowest BCUT2D eigenvalue weighted by Gasteiger charge is -2.14. The van der Waals surface area contributed by atoms with Crippen LogP contribution in [0.1, 0.15) is 21.5 Å². The monoisotopic (exact) mass is 540 g/mol. The molecule has 0 bridgehead atoms. The molecule has 3 aromatic rings. The molecule has 0 aliphatic carbocycles. The number of nitro benzene ring substituents is 1. The number of hydrazone groups is 1. The molecule has 11 heteroatoms. The summed E-state index contributed by atoms with van der Waals surface area (Å²) in [4.78, 5) is 34.8. The second-order valence-electron chi connectivity index (χ2n) is 7.19. The van der Waals surface area contributed by atoms with Crippen LogP contribution in [-0.4, -0.2) is 36.7 Å². The average molecular weight is 541 g/mol. The number of ether oxygens (including phenoxy) is 2. The summed E-state index contributed by atoms with van der Waals surface area (Å²) >= 11 is 3.40. The lowest BCUT2D eigenvalue weighted by atomic mass is 10.2. The lowest BCUT2D eigenvalue weighted by molar-refractivity contribution is -0.384. The zero-order valence-electron chi connectivity index (χ0n) is 18.8. The number of benzene rings is 3. The summed E-state index contributed by atoms with van der Waals surface area (Å²) in [5.74, 6) is -0.266. The summed E-state index contributed by atoms with van der Waals surface area (Å²) in [6.45, 7) is 1.65. The van der Waals surface area contributed by atoms with Crippen molar-refractivity contribution in [3.8, 4) is 11.5 Å². The molecular formula is C24H21BrN4O6. The minimum Gasteiger partial charge on any atom is -0.493 e. The van der Waals surface area contributed by atoms with Crippen molar-refractivity contribution in [2.45, 2.75) is 6.92 Å². The van der Waals surface area contributed by atoms with Crippen molar-refractivity contribution in [3.63, 3.8) is 0 Å². The third-order valence-electron chi connectivity index (χ3n) is 4.72. The van der Waals surface area contributed by atoms with Gasteiger partial charge in [0.05, 0.1) is 22.7 Å². The summed E-state index contributed by atoms with van der Waals surface area (Å²) in [5, 5.41) is 17.6. The Morgan fingerprint density at radius 3 is 2.63 bits per heavy atom. The zero-order chi connectivity index (χ0) is 25.4. The topological polar surface area (TPSA) is 132 Å². The number of amides is 2. The van der Waals surface area contributed by atoms with Crippen LogP contribution in [0.2, 0.25) is 0 Å². The summed E-state index contributed by atoms with van der Waals surface area (Å²) in [5.41, 5.74) is 4.42. The maximum atomic E-state index is 12.3. The van der Waals surface area contributed by atoms with Gasteiger partial charge in [-0.15, -0.1) is 0 Å². The SMILES string of the molecule is COc1cc(/C=N/NC(=O)c2cccc([N+](=O)[O-])c2)cc(Br)c1OCC(=O)Nc1ccccc1C. The number of non-ortho nitro benzene ring substituents is 1. The first-order valence-corrected chi connectivity index (χ1v) is 11.0. The second kappa shape index (κ2) is 11.7. The minimum atomic E-state index is -0.601. The zero-order valence-corrected chi connectivity index (χ0v) is 20.4. The molecule has 0 saturated heterocycles. The van der Waals surface area contributed by atoms with E-state index >= 15 is 0 Å². The normalized spacial score (nSPS) is 10.6. The van der Waals surface area contributed by atoms with Crippen LogP contribution in [0.4, 0.5) is 11.4 Å². The van der Waals surface area contributed by atoms with E-state index in [1.54, 1.807) is 18.2 Å².